The zero-order chi connectivity index (χ0) is 26.8. The maximum Gasteiger partial charge on any atom is 0.326 e. The molecule has 194 valence electrons. The molecule has 36 heavy (non-hydrogen) atoms. The molecule has 0 aliphatic heterocycles. The van der Waals surface area contributed by atoms with Gasteiger partial charge in [0, 0.05) is 6.42 Å². The molecule has 0 bridgehead atoms. The number of carboxylic acid groups (broad SMARTS) is 3. The normalized spacial score (nSPS) is 13.1. The Hall–Kier alpha value is -4.73. The van der Waals surface area contributed by atoms with Crippen LogP contribution in [0.1, 0.15) is 36.2 Å². The van der Waals surface area contributed by atoms with Gasteiger partial charge in [-0.3, -0.25) is 14.4 Å². The summed E-state index contributed by atoms with van der Waals surface area (Å²) in [6, 6.07) is 0.451. The lowest BCUT2D eigenvalue weighted by molar-refractivity contribution is -0.143. The van der Waals surface area contributed by atoms with Crippen LogP contribution in [0.4, 0.5) is 4.79 Å². The predicted molar refractivity (Wildman–Crippen MR) is 116 cm³/mol. The number of phenols is 1. The molecule has 0 aliphatic carbocycles. The Labute approximate surface area is 202 Å². The number of nitrogens with two attached hydrogens (primary N) is 1. The van der Waals surface area contributed by atoms with Gasteiger partial charge in [-0.1, -0.05) is 17.3 Å². The Morgan fingerprint density at radius 3 is 2.17 bits per heavy atom. The van der Waals surface area contributed by atoms with Gasteiger partial charge in [-0.2, -0.15) is 4.98 Å². The van der Waals surface area contributed by atoms with Crippen LogP contribution in [0.15, 0.2) is 28.8 Å². The molecule has 0 fully saturated rings. The van der Waals surface area contributed by atoms with Gasteiger partial charge in [0.15, 0.2) is 5.82 Å². The fraction of sp³-hybridized carbons (Fsp3) is 0.350. The minimum Gasteiger partial charge on any atom is -0.508 e. The lowest BCUT2D eigenvalue weighted by Crippen LogP contribution is -2.54. The molecular formula is C20H24N6O10. The maximum atomic E-state index is 12.6. The number of phenolic OH excluding ortho intramolecular Hbond substituents is 1. The lowest BCUT2D eigenvalue weighted by atomic mass is 10.0. The number of carbonyl (C=O) groups excluding carboxylic acids is 2. The van der Waals surface area contributed by atoms with Gasteiger partial charge in [-0.05, 0) is 17.7 Å². The first-order valence-electron chi connectivity index (χ1n) is 10.3. The molecule has 1 aromatic heterocycles. The van der Waals surface area contributed by atoms with E-state index >= 15 is 0 Å². The van der Waals surface area contributed by atoms with Crippen LogP contribution in [-0.2, 0) is 32.1 Å². The number of aromatic hydroxyl groups is 1. The minimum absolute atomic E-state index is 0.0359. The van der Waals surface area contributed by atoms with E-state index in [4.69, 9.17) is 20.5 Å². The second kappa shape index (κ2) is 12.7. The van der Waals surface area contributed by atoms with E-state index < -0.39 is 60.8 Å². The fourth-order valence-electron chi connectivity index (χ4n) is 2.86. The van der Waals surface area contributed by atoms with E-state index in [1.54, 1.807) is 0 Å². The molecular weight excluding hydrogens is 484 g/mol. The first kappa shape index (κ1) is 27.5. The standard InChI is InChI=1S/C20H24N6O10/c21-11(6-15(28)29)17-25-14(36-26-17)8-22-20(35)24-12(7-16(30)31)18(32)23-13(19(33)34)5-9-1-3-10(27)4-2-9/h1-4,11-13,27H,5-8,21H2,(H,23,32)(H,28,29)(H,30,31)(H,33,34)(H2,22,24,35)/t11-,12?,13?/m0/s1. The van der Waals surface area contributed by atoms with Gasteiger partial charge < -0.3 is 46.6 Å². The van der Waals surface area contributed by atoms with Crippen molar-refractivity contribution in [1.82, 2.24) is 26.1 Å². The third kappa shape index (κ3) is 8.90. The minimum atomic E-state index is -1.63. The predicted octanol–water partition coefficient (Wildman–Crippen LogP) is -1.30. The third-order valence-electron chi connectivity index (χ3n) is 4.60. The molecule has 1 heterocycles. The van der Waals surface area contributed by atoms with Crippen LogP contribution in [0.3, 0.4) is 0 Å². The van der Waals surface area contributed by atoms with Crippen molar-refractivity contribution in [3.05, 3.63) is 41.5 Å². The van der Waals surface area contributed by atoms with Crippen molar-refractivity contribution in [2.45, 2.75) is 43.9 Å². The molecule has 0 aliphatic rings. The van der Waals surface area contributed by atoms with Crippen molar-refractivity contribution in [3.63, 3.8) is 0 Å². The van der Waals surface area contributed by atoms with Gasteiger partial charge in [0.25, 0.3) is 0 Å². The van der Waals surface area contributed by atoms with Crippen molar-refractivity contribution in [2.75, 3.05) is 0 Å². The van der Waals surface area contributed by atoms with Crippen LogP contribution >= 0.6 is 0 Å². The molecule has 9 N–H and O–H groups in total. The molecule has 2 rings (SSSR count). The maximum absolute atomic E-state index is 12.6. The average Bonchev–Trinajstić information content (AvgIpc) is 3.26. The zero-order valence-corrected chi connectivity index (χ0v) is 18.6. The number of carboxylic acids is 3. The average molecular weight is 508 g/mol. The monoisotopic (exact) mass is 508 g/mol. The van der Waals surface area contributed by atoms with E-state index in [1.807, 2.05) is 0 Å². The van der Waals surface area contributed by atoms with E-state index in [0.717, 1.165) is 0 Å². The van der Waals surface area contributed by atoms with E-state index in [0.29, 0.717) is 5.56 Å². The summed E-state index contributed by atoms with van der Waals surface area (Å²) in [6.45, 7) is -0.362. The number of hydrogen-bond donors (Lipinski definition) is 8. The van der Waals surface area contributed by atoms with Crippen LogP contribution < -0.4 is 21.7 Å². The molecule has 3 atom stereocenters. The van der Waals surface area contributed by atoms with E-state index in [9.17, 15) is 34.2 Å². The second-order valence-corrected chi connectivity index (χ2v) is 7.50. The topological polar surface area (TPSA) is 267 Å². The number of benzene rings is 1. The van der Waals surface area contributed by atoms with Gasteiger partial charge in [0.2, 0.25) is 11.8 Å². The van der Waals surface area contributed by atoms with Gasteiger partial charge in [-0.15, -0.1) is 0 Å². The molecule has 0 spiro atoms. The molecule has 0 saturated heterocycles. The highest BCUT2D eigenvalue weighted by Crippen LogP contribution is 2.12. The number of aliphatic carboxylic acids is 3. The number of amides is 3. The summed E-state index contributed by atoms with van der Waals surface area (Å²) < 4.78 is 4.85. The number of hydrogen-bond acceptors (Lipinski definition) is 10. The molecule has 16 heteroatoms. The first-order chi connectivity index (χ1) is 16.9. The Morgan fingerprint density at radius 2 is 1.58 bits per heavy atom. The van der Waals surface area contributed by atoms with E-state index in [2.05, 4.69) is 26.1 Å². The molecule has 0 radical (unpaired) electrons. The Balaban J connectivity index is 1.98. The summed E-state index contributed by atoms with van der Waals surface area (Å²) >= 11 is 0. The number of urea groups is 1. The number of nitrogens with one attached hydrogen (secondary N) is 3. The fourth-order valence-corrected chi connectivity index (χ4v) is 2.86. The molecule has 3 amide bonds. The molecule has 2 aromatic rings. The van der Waals surface area contributed by atoms with Gasteiger partial charge in [-0.25, -0.2) is 9.59 Å². The number of carbonyl (C=O) groups is 5. The van der Waals surface area contributed by atoms with Crippen LogP contribution in [0.2, 0.25) is 0 Å². The lowest BCUT2D eigenvalue weighted by Gasteiger charge is -2.20. The second-order valence-electron chi connectivity index (χ2n) is 7.50. The van der Waals surface area contributed by atoms with E-state index in [1.165, 1.54) is 24.3 Å². The van der Waals surface area contributed by atoms with Crippen molar-refractivity contribution >= 4 is 29.8 Å². The van der Waals surface area contributed by atoms with Crippen LogP contribution in [-0.4, -0.2) is 72.5 Å². The zero-order valence-electron chi connectivity index (χ0n) is 18.6. The largest absolute Gasteiger partial charge is 0.508 e. The summed E-state index contributed by atoms with van der Waals surface area (Å²) in [5, 5.41) is 46.7. The van der Waals surface area contributed by atoms with Gasteiger partial charge >= 0.3 is 23.9 Å². The van der Waals surface area contributed by atoms with Crippen molar-refractivity contribution in [3.8, 4) is 5.75 Å². The van der Waals surface area contributed by atoms with Crippen LogP contribution in [0, 0.1) is 0 Å². The summed E-state index contributed by atoms with van der Waals surface area (Å²) in [5.41, 5.74) is 6.08. The Kier molecular flexibility index (Phi) is 9.67. The highest BCUT2D eigenvalue weighted by Gasteiger charge is 2.28. The number of rotatable bonds is 13. The Bertz CT molecular complexity index is 1100. The summed E-state index contributed by atoms with van der Waals surface area (Å²) in [5.74, 6) is -5.35. The van der Waals surface area contributed by atoms with Crippen LogP contribution in [0.25, 0.3) is 0 Å². The Morgan fingerprint density at radius 1 is 0.944 bits per heavy atom. The summed E-state index contributed by atoms with van der Waals surface area (Å²) in [4.78, 5) is 62.1. The molecule has 2 unspecified atom stereocenters. The van der Waals surface area contributed by atoms with Gasteiger partial charge in [0.05, 0.1) is 25.4 Å². The summed E-state index contributed by atoms with van der Waals surface area (Å²) in [7, 11) is 0. The van der Waals surface area contributed by atoms with Crippen molar-refractivity contribution < 1.29 is 48.9 Å². The van der Waals surface area contributed by atoms with Crippen LogP contribution in [0.5, 0.6) is 5.75 Å². The highest BCUT2D eigenvalue weighted by atomic mass is 16.5. The SMILES string of the molecule is N[C@@H](CC(=O)O)c1noc(CNC(=O)NC(CC(=O)O)C(=O)NC(Cc2ccc(O)cc2)C(=O)O)n1. The molecule has 0 saturated carbocycles. The van der Waals surface area contributed by atoms with Crippen molar-refractivity contribution in [1.29, 1.82) is 0 Å². The number of aromatic nitrogens is 2. The van der Waals surface area contributed by atoms with E-state index in [-0.39, 0.29) is 30.4 Å². The molecule has 1 aromatic carbocycles. The molecule has 16 nitrogen and oxygen atoms in total. The third-order valence-corrected chi connectivity index (χ3v) is 4.60. The summed E-state index contributed by atoms with van der Waals surface area (Å²) in [6.07, 6.45) is -1.47. The quantitative estimate of drug-likeness (QED) is 0.156. The first-order valence-corrected chi connectivity index (χ1v) is 10.3. The van der Waals surface area contributed by atoms with Crippen molar-refractivity contribution in [2.24, 2.45) is 5.73 Å². The highest BCUT2D eigenvalue weighted by molar-refractivity contribution is 5.92. The smallest absolute Gasteiger partial charge is 0.326 e. The van der Waals surface area contributed by atoms with Gasteiger partial charge in [0.1, 0.15) is 17.8 Å². The number of nitrogens with zero attached hydrogens (tertiary/aromatic N) is 2.